The van der Waals surface area contributed by atoms with Crippen LogP contribution in [0.25, 0.3) is 0 Å². The predicted octanol–water partition coefficient (Wildman–Crippen LogP) is 21.1. The number of hydrogen-bond donors (Lipinski definition) is 1. The van der Waals surface area contributed by atoms with E-state index in [1.165, 1.54) is 289 Å². The Balaban J connectivity index is 0. The Hall–Kier alpha value is -1.32. The molecule has 0 spiro atoms. The molecule has 0 radical (unpaired) electrons. The zero-order chi connectivity index (χ0) is 46.0. The summed E-state index contributed by atoms with van der Waals surface area (Å²) in [6.45, 7) is 7.48. The highest BCUT2D eigenvalue weighted by atomic mass is 16.5. The molecule has 0 heterocycles. The van der Waals surface area contributed by atoms with E-state index in [9.17, 15) is 9.59 Å². The van der Waals surface area contributed by atoms with E-state index in [0.717, 1.165) is 25.7 Å². The van der Waals surface area contributed by atoms with Gasteiger partial charge in [-0.15, -0.1) is 0 Å². The molecule has 0 saturated heterocycles. The lowest BCUT2D eigenvalue weighted by Gasteiger charge is -2.06. The second kappa shape index (κ2) is 60.7. The third-order valence-electron chi connectivity index (χ3n) is 13.1. The number of carboxylic acids is 1. The van der Waals surface area contributed by atoms with E-state index in [0.29, 0.717) is 19.4 Å². The molecule has 0 bridgehead atoms. The molecule has 0 amide bonds. The van der Waals surface area contributed by atoms with Crippen LogP contribution < -0.4 is 0 Å². The fraction of sp³-hybridized carbons (Fsp3) is 0.932. The first-order chi connectivity index (χ1) is 31.1. The van der Waals surface area contributed by atoms with Crippen molar-refractivity contribution in [3.8, 4) is 0 Å². The third kappa shape index (κ3) is 65.0. The number of unbranched alkanes of at least 4 members (excludes halogenated alkanes) is 45. The highest BCUT2D eigenvalue weighted by molar-refractivity contribution is 5.69. The Bertz CT molecular complexity index is 868. The lowest BCUT2D eigenvalue weighted by molar-refractivity contribution is -0.144. The van der Waals surface area contributed by atoms with E-state index in [4.69, 9.17) is 9.84 Å². The molecule has 0 aliphatic rings. The lowest BCUT2D eigenvalue weighted by atomic mass is 10.0. The molecule has 4 heteroatoms. The van der Waals surface area contributed by atoms with E-state index in [-0.39, 0.29) is 5.97 Å². The first-order valence-electron chi connectivity index (χ1n) is 29.1. The van der Waals surface area contributed by atoms with Crippen LogP contribution in [0.3, 0.4) is 0 Å². The molecule has 0 aromatic rings. The fourth-order valence-electron chi connectivity index (χ4n) is 8.78. The van der Waals surface area contributed by atoms with Crippen molar-refractivity contribution in [1.29, 1.82) is 0 Å². The number of allylic oxidation sites excluding steroid dienone is 2. The number of ether oxygens (including phenoxy) is 1. The smallest absolute Gasteiger partial charge is 0.305 e. The zero-order valence-corrected chi connectivity index (χ0v) is 43.6. The Morgan fingerprint density at radius 1 is 0.302 bits per heavy atom. The zero-order valence-electron chi connectivity index (χ0n) is 43.6. The van der Waals surface area contributed by atoms with Crippen LogP contribution in [0.2, 0.25) is 0 Å². The van der Waals surface area contributed by atoms with Gasteiger partial charge in [-0.05, 0) is 44.9 Å². The van der Waals surface area contributed by atoms with Crippen molar-refractivity contribution in [3.63, 3.8) is 0 Å². The van der Waals surface area contributed by atoms with Crippen LogP contribution in [0.5, 0.6) is 0 Å². The van der Waals surface area contributed by atoms with Crippen molar-refractivity contribution in [3.05, 3.63) is 12.2 Å². The first-order valence-corrected chi connectivity index (χ1v) is 29.1. The van der Waals surface area contributed by atoms with Gasteiger partial charge in [0.25, 0.3) is 0 Å². The quantitative estimate of drug-likeness (QED) is 0.0375. The maximum atomic E-state index is 11.9. The molecule has 0 aliphatic carbocycles. The monoisotopic (exact) mass is 889 g/mol. The number of hydrogen-bond acceptors (Lipinski definition) is 3. The molecule has 0 atom stereocenters. The van der Waals surface area contributed by atoms with Crippen LogP contribution in [0, 0.1) is 0 Å². The molecule has 0 saturated carbocycles. The maximum absolute atomic E-state index is 11.9. The van der Waals surface area contributed by atoms with Crippen LogP contribution in [-0.4, -0.2) is 23.7 Å². The molecule has 0 aliphatic heterocycles. The summed E-state index contributed by atoms with van der Waals surface area (Å²) in [7, 11) is 0. The average Bonchev–Trinajstić information content (AvgIpc) is 3.28. The minimum atomic E-state index is -0.652. The Morgan fingerprint density at radius 3 is 0.810 bits per heavy atom. The van der Waals surface area contributed by atoms with Gasteiger partial charge in [0.15, 0.2) is 0 Å². The number of rotatable bonds is 53. The van der Waals surface area contributed by atoms with Gasteiger partial charge in [0, 0.05) is 12.8 Å². The largest absolute Gasteiger partial charge is 0.481 e. The minimum absolute atomic E-state index is 0.0245. The van der Waals surface area contributed by atoms with Crippen molar-refractivity contribution in [1.82, 2.24) is 0 Å². The number of esters is 1. The topological polar surface area (TPSA) is 63.6 Å². The van der Waals surface area contributed by atoms with Crippen molar-refractivity contribution < 1.29 is 19.4 Å². The molecule has 0 fully saturated rings. The number of carboxylic acid groups (broad SMARTS) is 1. The summed E-state index contributed by atoms with van der Waals surface area (Å²) in [5.41, 5.74) is 0. The number of aliphatic carboxylic acids is 1. The van der Waals surface area contributed by atoms with E-state index in [1.807, 2.05) is 0 Å². The van der Waals surface area contributed by atoms with Gasteiger partial charge in [-0.25, -0.2) is 0 Å². The van der Waals surface area contributed by atoms with Crippen LogP contribution in [0.15, 0.2) is 12.2 Å². The van der Waals surface area contributed by atoms with Gasteiger partial charge >= 0.3 is 11.9 Å². The number of carbonyl (C=O) groups excluding carboxylic acids is 1. The first kappa shape index (κ1) is 63.8. The predicted molar refractivity (Wildman–Crippen MR) is 280 cm³/mol. The van der Waals surface area contributed by atoms with Gasteiger partial charge in [-0.1, -0.05) is 303 Å². The van der Waals surface area contributed by atoms with Crippen molar-refractivity contribution in [2.24, 2.45) is 0 Å². The van der Waals surface area contributed by atoms with Gasteiger partial charge in [0.1, 0.15) is 0 Å². The van der Waals surface area contributed by atoms with Crippen LogP contribution in [-0.2, 0) is 14.3 Å². The van der Waals surface area contributed by atoms with Gasteiger partial charge < -0.3 is 9.84 Å². The summed E-state index contributed by atoms with van der Waals surface area (Å²) in [6, 6.07) is 0. The molecular weight excluding hydrogens is 773 g/mol. The van der Waals surface area contributed by atoms with Crippen LogP contribution >= 0.6 is 0 Å². The van der Waals surface area contributed by atoms with Crippen LogP contribution in [0.4, 0.5) is 0 Å². The van der Waals surface area contributed by atoms with E-state index >= 15 is 0 Å². The van der Waals surface area contributed by atoms with E-state index < -0.39 is 5.97 Å². The number of carbonyl (C=O) groups is 2. The summed E-state index contributed by atoms with van der Waals surface area (Å²) in [5, 5.41) is 8.54. The minimum Gasteiger partial charge on any atom is -0.481 e. The van der Waals surface area contributed by atoms with Crippen molar-refractivity contribution >= 4 is 11.9 Å². The lowest BCUT2D eigenvalue weighted by Crippen LogP contribution is -2.05. The average molecular weight is 890 g/mol. The van der Waals surface area contributed by atoms with E-state index in [2.05, 4.69) is 32.9 Å². The summed E-state index contributed by atoms with van der Waals surface area (Å²) >= 11 is 0. The molecule has 376 valence electrons. The van der Waals surface area contributed by atoms with E-state index in [1.54, 1.807) is 0 Å². The second-order valence-electron chi connectivity index (χ2n) is 19.7. The summed E-state index contributed by atoms with van der Waals surface area (Å²) in [6.07, 6.45) is 71.7. The summed E-state index contributed by atoms with van der Waals surface area (Å²) < 4.78 is 5.45. The summed E-state index contributed by atoms with van der Waals surface area (Å²) in [4.78, 5) is 22.3. The Morgan fingerprint density at radius 2 is 0.524 bits per heavy atom. The highest BCUT2D eigenvalue weighted by Gasteiger charge is 2.03. The molecule has 0 aromatic heterocycles. The molecule has 0 aromatic carbocycles. The van der Waals surface area contributed by atoms with Crippen LogP contribution in [0.1, 0.15) is 348 Å². The van der Waals surface area contributed by atoms with Gasteiger partial charge in [-0.2, -0.15) is 0 Å². The summed E-state index contributed by atoms with van der Waals surface area (Å²) in [5.74, 6) is -0.627. The molecule has 4 nitrogen and oxygen atoms in total. The van der Waals surface area contributed by atoms with Crippen molar-refractivity contribution in [2.45, 2.75) is 348 Å². The normalized spacial score (nSPS) is 11.3. The second-order valence-corrected chi connectivity index (χ2v) is 19.7. The van der Waals surface area contributed by atoms with Crippen molar-refractivity contribution in [2.75, 3.05) is 6.61 Å². The highest BCUT2D eigenvalue weighted by Crippen LogP contribution is 2.17. The molecule has 1 N–H and O–H groups in total. The SMILES string of the molecule is CCCCCCC=CCCCCCCCCCCCC(=O)OCCCCCCCCCCCCCCCCCCC.CCCCCCCCCCCCCCCCCCCC(=O)O. The van der Waals surface area contributed by atoms with Gasteiger partial charge in [0.2, 0.25) is 0 Å². The maximum Gasteiger partial charge on any atom is 0.305 e. The molecule has 0 rings (SSSR count). The molecule has 0 unspecified atom stereocenters. The molecular formula is C59H116O4. The standard InChI is InChI=1S/C39H76O2.C20H40O2/c1-3-5-7-9-11-13-15-17-19-21-23-25-27-29-31-33-35-37-39(40)41-38-36-34-32-30-28-26-24-22-20-18-16-14-12-10-8-6-4-2;1-2-3-4-5-6-7-8-9-10-11-12-13-14-15-16-17-18-19-20(21)22/h13,15H,3-12,14,16-38H2,1-2H3;2-19H2,1H3,(H,21,22). The molecule has 63 heavy (non-hydrogen) atoms. The Kier molecular flexibility index (Phi) is 61.4. The van der Waals surface area contributed by atoms with Gasteiger partial charge in [0.05, 0.1) is 6.61 Å². The fourth-order valence-corrected chi connectivity index (χ4v) is 8.78. The third-order valence-corrected chi connectivity index (χ3v) is 13.1. The van der Waals surface area contributed by atoms with Gasteiger partial charge in [-0.3, -0.25) is 9.59 Å². The Labute approximate surface area is 396 Å².